The fourth-order valence-electron chi connectivity index (χ4n) is 4.96. The predicted octanol–water partition coefficient (Wildman–Crippen LogP) is 5.70. The summed E-state index contributed by atoms with van der Waals surface area (Å²) in [5.74, 6) is 1.40. The van der Waals surface area contributed by atoms with Gasteiger partial charge in [-0.15, -0.1) is 0 Å². The Bertz CT molecular complexity index is 809. The summed E-state index contributed by atoms with van der Waals surface area (Å²) in [5, 5.41) is 3.19. The van der Waals surface area contributed by atoms with Gasteiger partial charge in [0, 0.05) is 11.6 Å². The first-order chi connectivity index (χ1) is 14.6. The van der Waals surface area contributed by atoms with E-state index >= 15 is 0 Å². The smallest absolute Gasteiger partial charge is 0.251 e. The zero-order chi connectivity index (χ0) is 22.5. The van der Waals surface area contributed by atoms with Crippen molar-refractivity contribution in [2.24, 2.45) is 11.8 Å². The van der Waals surface area contributed by atoms with Crippen LogP contribution in [0, 0.1) is 11.8 Å². The fourth-order valence-corrected chi connectivity index (χ4v) is 6.41. The van der Waals surface area contributed by atoms with Gasteiger partial charge in [-0.25, -0.2) is 8.42 Å². The van der Waals surface area contributed by atoms with Gasteiger partial charge < -0.3 is 5.32 Å². The zero-order valence-corrected chi connectivity index (χ0v) is 20.5. The van der Waals surface area contributed by atoms with Crippen molar-refractivity contribution in [2.45, 2.75) is 102 Å². The average Bonchev–Trinajstić information content (AvgIpc) is 2.73. The topological polar surface area (TPSA) is 63.2 Å². The minimum Gasteiger partial charge on any atom is -0.349 e. The number of aryl methyl sites for hydroxylation is 1. The number of benzene rings is 1. The van der Waals surface area contributed by atoms with Crippen molar-refractivity contribution in [3.63, 3.8) is 0 Å². The summed E-state index contributed by atoms with van der Waals surface area (Å²) < 4.78 is 24.3. The molecule has 5 heteroatoms. The van der Waals surface area contributed by atoms with Crippen LogP contribution in [-0.2, 0) is 16.3 Å². The van der Waals surface area contributed by atoms with Crippen molar-refractivity contribution in [1.82, 2.24) is 5.32 Å². The molecule has 3 rings (SSSR count). The van der Waals surface area contributed by atoms with Gasteiger partial charge in [0.2, 0.25) is 0 Å². The molecule has 0 unspecified atom stereocenters. The normalized spacial score (nSPS) is 23.5. The first-order valence-electron chi connectivity index (χ1n) is 12.3. The van der Waals surface area contributed by atoms with Crippen LogP contribution in [0.5, 0.6) is 0 Å². The maximum atomic E-state index is 12.5. The summed E-state index contributed by atoms with van der Waals surface area (Å²) in [6.45, 7) is 5.41. The Hall–Kier alpha value is -1.36. The molecule has 1 N–H and O–H groups in total. The molecule has 1 amide bonds. The molecular formula is C26H41NO3S. The molecule has 2 saturated carbocycles. The van der Waals surface area contributed by atoms with Gasteiger partial charge in [-0.3, -0.25) is 4.79 Å². The van der Waals surface area contributed by atoms with E-state index in [0.29, 0.717) is 23.6 Å². The third-order valence-electron chi connectivity index (χ3n) is 7.35. The molecule has 2 aliphatic carbocycles. The number of hydrogen-bond donors (Lipinski definition) is 1. The van der Waals surface area contributed by atoms with Gasteiger partial charge in [0.1, 0.15) is 0 Å². The van der Waals surface area contributed by atoms with Gasteiger partial charge in [-0.1, -0.05) is 44.2 Å². The van der Waals surface area contributed by atoms with E-state index in [9.17, 15) is 13.2 Å². The summed E-state index contributed by atoms with van der Waals surface area (Å²) in [5.41, 5.74) is 2.04. The van der Waals surface area contributed by atoms with Crippen molar-refractivity contribution in [3.8, 4) is 0 Å². The highest BCUT2D eigenvalue weighted by molar-refractivity contribution is 7.92. The highest BCUT2D eigenvalue weighted by Gasteiger charge is 2.33. The number of rotatable bonds is 7. The van der Waals surface area contributed by atoms with Crippen LogP contribution in [0.15, 0.2) is 24.3 Å². The molecule has 0 aromatic heterocycles. The highest BCUT2D eigenvalue weighted by atomic mass is 32.2. The highest BCUT2D eigenvalue weighted by Crippen LogP contribution is 2.34. The molecule has 174 valence electrons. The summed E-state index contributed by atoms with van der Waals surface area (Å²) >= 11 is 0. The minimum atomic E-state index is -3.02. The van der Waals surface area contributed by atoms with E-state index in [4.69, 9.17) is 0 Å². The average molecular weight is 448 g/mol. The van der Waals surface area contributed by atoms with E-state index in [2.05, 4.69) is 17.4 Å². The van der Waals surface area contributed by atoms with Crippen molar-refractivity contribution in [3.05, 3.63) is 35.4 Å². The van der Waals surface area contributed by atoms with Crippen molar-refractivity contribution < 1.29 is 13.2 Å². The molecule has 0 aliphatic heterocycles. The van der Waals surface area contributed by atoms with Gasteiger partial charge in [0.05, 0.1) is 10.5 Å². The molecule has 1 aromatic rings. The lowest BCUT2D eigenvalue weighted by Crippen LogP contribution is -2.36. The van der Waals surface area contributed by atoms with E-state index < -0.39 is 14.6 Å². The first-order valence-corrected chi connectivity index (χ1v) is 13.9. The summed E-state index contributed by atoms with van der Waals surface area (Å²) in [6, 6.07) is 8.45. The van der Waals surface area contributed by atoms with Crippen LogP contribution in [0.4, 0.5) is 0 Å². The Morgan fingerprint density at radius 2 is 1.48 bits per heavy atom. The molecule has 0 bridgehead atoms. The fraction of sp³-hybridized carbons (Fsp3) is 0.731. The Kier molecular flexibility index (Phi) is 8.23. The maximum Gasteiger partial charge on any atom is 0.251 e. The Labute approximate surface area is 189 Å². The van der Waals surface area contributed by atoms with E-state index in [1.54, 1.807) is 20.8 Å². The molecule has 0 saturated heterocycles. The third kappa shape index (κ3) is 7.06. The standard InChI is InChI=1S/C26H41NO3S/c1-26(2,3)31(29,30)19-22-13-11-20(12-14-22)9-10-21-15-17-23(18-16-21)25(28)27-24-7-5-4-6-8-24/h15-18,20,22,24H,4-14,19H2,1-3H3,(H,27,28). The van der Waals surface area contributed by atoms with Crippen LogP contribution >= 0.6 is 0 Å². The number of hydrogen-bond acceptors (Lipinski definition) is 3. The molecule has 2 aliphatic rings. The van der Waals surface area contributed by atoms with Gasteiger partial charge in [0.25, 0.3) is 5.91 Å². The lowest BCUT2D eigenvalue weighted by atomic mass is 9.80. The minimum absolute atomic E-state index is 0.0574. The number of amides is 1. The Morgan fingerprint density at radius 1 is 0.903 bits per heavy atom. The number of nitrogens with one attached hydrogen (secondary N) is 1. The second-order valence-electron chi connectivity index (χ2n) is 10.8. The number of carbonyl (C=O) groups is 1. The molecule has 31 heavy (non-hydrogen) atoms. The molecule has 4 nitrogen and oxygen atoms in total. The summed E-state index contributed by atoms with van der Waals surface area (Å²) in [6.07, 6.45) is 12.4. The first kappa shape index (κ1) is 24.3. The lowest BCUT2D eigenvalue weighted by molar-refractivity contribution is 0.0927. The molecule has 2 fully saturated rings. The van der Waals surface area contributed by atoms with E-state index in [-0.39, 0.29) is 5.91 Å². The predicted molar refractivity (Wildman–Crippen MR) is 128 cm³/mol. The number of carbonyl (C=O) groups excluding carboxylic acids is 1. The van der Waals surface area contributed by atoms with E-state index in [1.165, 1.54) is 24.8 Å². The van der Waals surface area contributed by atoms with E-state index in [1.807, 2.05) is 12.1 Å². The van der Waals surface area contributed by atoms with Crippen LogP contribution < -0.4 is 5.32 Å². The Balaban J connectivity index is 1.40. The monoisotopic (exact) mass is 447 g/mol. The maximum absolute atomic E-state index is 12.5. The molecule has 1 aromatic carbocycles. The largest absolute Gasteiger partial charge is 0.349 e. The van der Waals surface area contributed by atoms with Crippen LogP contribution in [-0.4, -0.2) is 30.9 Å². The van der Waals surface area contributed by atoms with Gasteiger partial charge in [0.15, 0.2) is 9.84 Å². The lowest BCUT2D eigenvalue weighted by Gasteiger charge is -2.30. The van der Waals surface area contributed by atoms with Crippen LogP contribution in [0.2, 0.25) is 0 Å². The Morgan fingerprint density at radius 3 is 2.06 bits per heavy atom. The number of sulfone groups is 1. The van der Waals surface area contributed by atoms with E-state index in [0.717, 1.165) is 56.9 Å². The molecular weight excluding hydrogens is 406 g/mol. The second kappa shape index (κ2) is 10.5. The molecule has 0 radical (unpaired) electrons. The van der Waals surface area contributed by atoms with Gasteiger partial charge >= 0.3 is 0 Å². The molecule has 0 atom stereocenters. The van der Waals surface area contributed by atoms with Crippen LogP contribution in [0.1, 0.15) is 101 Å². The molecule has 0 heterocycles. The van der Waals surface area contributed by atoms with Crippen molar-refractivity contribution >= 4 is 15.7 Å². The van der Waals surface area contributed by atoms with Crippen LogP contribution in [0.3, 0.4) is 0 Å². The second-order valence-corrected chi connectivity index (χ2v) is 13.6. The SMILES string of the molecule is CC(C)(C)S(=O)(=O)CC1CCC(CCc2ccc(C(=O)NC3CCCCC3)cc2)CC1. The zero-order valence-electron chi connectivity index (χ0n) is 19.7. The quantitative estimate of drug-likeness (QED) is 0.583. The van der Waals surface area contributed by atoms with Crippen molar-refractivity contribution in [1.29, 1.82) is 0 Å². The summed E-state index contributed by atoms with van der Waals surface area (Å²) in [4.78, 5) is 12.5. The van der Waals surface area contributed by atoms with Gasteiger partial charge in [-0.2, -0.15) is 0 Å². The third-order valence-corrected chi connectivity index (χ3v) is 10.1. The molecule has 0 spiro atoms. The van der Waals surface area contributed by atoms with Gasteiger partial charge in [-0.05, 0) is 88.8 Å². The van der Waals surface area contributed by atoms with Crippen molar-refractivity contribution in [2.75, 3.05) is 5.75 Å². The summed E-state index contributed by atoms with van der Waals surface area (Å²) in [7, 11) is -3.02. The van der Waals surface area contributed by atoms with Crippen LogP contribution in [0.25, 0.3) is 0 Å².